The monoisotopic (exact) mass is 637 g/mol. The number of nitrogens with one attached hydrogen (secondary N) is 2. The number of H-pyrrole nitrogens is 2. The Bertz CT molecular complexity index is 2040. The smallest absolute Gasteiger partial charge is 0.164 e. The van der Waals surface area contributed by atoms with Crippen LogP contribution in [0.4, 0.5) is 0 Å². The fourth-order valence-corrected chi connectivity index (χ4v) is 5.59. The van der Waals surface area contributed by atoms with Crippen molar-refractivity contribution in [3.05, 3.63) is 97.1 Å². The number of fused-ring (bicyclic) bond motifs is 20. The molecule has 0 atom stereocenters. The Balaban J connectivity index is 0.00000144. The summed E-state index contributed by atoms with van der Waals surface area (Å²) in [5.41, 5.74) is 6.45. The predicted octanol–water partition coefficient (Wildman–Crippen LogP) is 6.86. The maximum absolute atomic E-state index is 5.02. The minimum atomic E-state index is 0. The topological polar surface area (TPSA) is 109 Å². The molecule has 0 spiro atoms. The first-order valence-corrected chi connectivity index (χ1v) is 13.0. The Morgan fingerprint density at radius 1 is 0.333 bits per heavy atom. The second kappa shape index (κ2) is 10.0. The van der Waals surface area contributed by atoms with E-state index in [2.05, 4.69) is 9.97 Å². The molecule has 3 aromatic heterocycles. The minimum absolute atomic E-state index is 0. The molecule has 0 aliphatic carbocycles. The van der Waals surface area contributed by atoms with Crippen molar-refractivity contribution in [3.8, 4) is 45.6 Å². The number of nitrogens with zero attached hydrogens (tertiary/aromatic N) is 6. The van der Waals surface area contributed by atoms with E-state index in [1.54, 1.807) is 0 Å². The Morgan fingerprint density at radius 2 is 0.571 bits per heavy atom. The quantitative estimate of drug-likeness (QED) is 0.176. The SMILES string of the molecule is [Co].[Zn].c1ccc2c(c1)-c1nc-2nc2[nH]c(nc3nc(nc4[nH]c(n1)c1ccccc41)-c1ccccc1-3)c1ccccc21. The van der Waals surface area contributed by atoms with Crippen molar-refractivity contribution in [2.75, 3.05) is 0 Å². The summed E-state index contributed by atoms with van der Waals surface area (Å²) >= 11 is 0. The zero-order valence-electron chi connectivity index (χ0n) is 22.0. The Morgan fingerprint density at radius 3 is 0.833 bits per heavy atom. The van der Waals surface area contributed by atoms with Crippen LogP contribution in [0.25, 0.3) is 89.7 Å². The third-order valence-electron chi connectivity index (χ3n) is 7.46. The molecule has 0 amide bonds. The third kappa shape index (κ3) is 3.91. The van der Waals surface area contributed by atoms with Gasteiger partial charge in [-0.3, -0.25) is 0 Å². The fraction of sp³-hybridized carbons (Fsp3) is 0. The molecule has 9 rings (SSSR count). The van der Waals surface area contributed by atoms with E-state index >= 15 is 0 Å². The average molecular weight is 639 g/mol. The van der Waals surface area contributed by atoms with Gasteiger partial charge in [-0.15, -0.1) is 0 Å². The van der Waals surface area contributed by atoms with Gasteiger partial charge in [-0.05, 0) is 0 Å². The van der Waals surface area contributed by atoms with Gasteiger partial charge in [0.05, 0.1) is 0 Å². The zero-order chi connectivity index (χ0) is 26.2. The van der Waals surface area contributed by atoms with Crippen LogP contribution >= 0.6 is 0 Å². The molecule has 0 unspecified atom stereocenters. The third-order valence-corrected chi connectivity index (χ3v) is 7.46. The van der Waals surface area contributed by atoms with Crippen LogP contribution in [0.1, 0.15) is 0 Å². The predicted molar refractivity (Wildman–Crippen MR) is 156 cm³/mol. The van der Waals surface area contributed by atoms with Crippen molar-refractivity contribution in [1.82, 2.24) is 39.9 Å². The molecule has 7 aromatic rings. The first-order valence-electron chi connectivity index (χ1n) is 13.0. The van der Waals surface area contributed by atoms with Crippen LogP contribution < -0.4 is 0 Å². The standard InChI is InChI=1S/C32H18N8.Co.Zn/c1-2-10-18-17(9-1)25-33-26(18)38-28-21-13-5-6-14-22(21)30(35-28)40-32-24-16-8-7-15-23(24)31(36-32)39-29-20-12-4-3-11-19(20)27(34-29)37-25;;/h1-16H,(H2,33,34,35,36,37,38,39,40);;. The largest absolute Gasteiger partial charge is 0.324 e. The van der Waals surface area contributed by atoms with Crippen LogP contribution in [0.2, 0.25) is 0 Å². The summed E-state index contributed by atoms with van der Waals surface area (Å²) < 4.78 is 0. The van der Waals surface area contributed by atoms with E-state index in [1.807, 2.05) is 97.1 Å². The molecule has 5 heterocycles. The van der Waals surface area contributed by atoms with Crippen molar-refractivity contribution < 1.29 is 36.3 Å². The summed E-state index contributed by atoms with van der Waals surface area (Å²) in [4.78, 5) is 36.8. The normalized spacial score (nSPS) is 11.4. The summed E-state index contributed by atoms with van der Waals surface area (Å²) in [6.07, 6.45) is 0. The molecule has 2 N–H and O–H groups in total. The Labute approximate surface area is 261 Å². The minimum Gasteiger partial charge on any atom is -0.324 e. The van der Waals surface area contributed by atoms with Crippen molar-refractivity contribution in [1.29, 1.82) is 0 Å². The van der Waals surface area contributed by atoms with Gasteiger partial charge in [-0.2, -0.15) is 0 Å². The van der Waals surface area contributed by atoms with Gasteiger partial charge in [-0.25, -0.2) is 29.9 Å². The van der Waals surface area contributed by atoms with Crippen molar-refractivity contribution >= 4 is 44.1 Å². The van der Waals surface area contributed by atoms with E-state index in [4.69, 9.17) is 29.9 Å². The van der Waals surface area contributed by atoms with Crippen LogP contribution in [0.15, 0.2) is 97.1 Å². The maximum Gasteiger partial charge on any atom is 0.164 e. The summed E-state index contributed by atoms with van der Waals surface area (Å²) in [5, 5.41) is 3.82. The van der Waals surface area contributed by atoms with Crippen LogP contribution in [0.5, 0.6) is 0 Å². The summed E-state index contributed by atoms with van der Waals surface area (Å²) in [7, 11) is 0. The number of hydrogen-bond donors (Lipinski definition) is 2. The zero-order valence-corrected chi connectivity index (χ0v) is 26.0. The second-order valence-electron chi connectivity index (χ2n) is 9.79. The van der Waals surface area contributed by atoms with E-state index in [9.17, 15) is 0 Å². The van der Waals surface area contributed by atoms with Crippen LogP contribution in [0, 0.1) is 0 Å². The summed E-state index contributed by atoms with van der Waals surface area (Å²) in [6.45, 7) is 0. The van der Waals surface area contributed by atoms with Gasteiger partial charge in [0.2, 0.25) is 0 Å². The molecule has 0 saturated carbocycles. The first kappa shape index (κ1) is 26.3. The number of aromatic nitrogens is 8. The molecule has 197 valence electrons. The molecule has 8 bridgehead atoms. The fourth-order valence-electron chi connectivity index (χ4n) is 5.59. The van der Waals surface area contributed by atoms with Crippen LogP contribution in [0.3, 0.4) is 0 Å². The maximum atomic E-state index is 5.02. The van der Waals surface area contributed by atoms with E-state index in [0.29, 0.717) is 45.9 Å². The number of benzene rings is 4. The van der Waals surface area contributed by atoms with Gasteiger partial charge in [0, 0.05) is 80.1 Å². The number of aromatic amines is 2. The van der Waals surface area contributed by atoms with Gasteiger partial charge in [0.15, 0.2) is 23.3 Å². The van der Waals surface area contributed by atoms with Crippen LogP contribution in [-0.2, 0) is 36.3 Å². The molecular formula is C32H18CoN8Zn. The average Bonchev–Trinajstić information content (AvgIpc) is 3.73. The van der Waals surface area contributed by atoms with Gasteiger partial charge in [0.1, 0.15) is 22.6 Å². The van der Waals surface area contributed by atoms with E-state index in [1.165, 1.54) is 0 Å². The Hall–Kier alpha value is -4.63. The van der Waals surface area contributed by atoms with Crippen molar-refractivity contribution in [3.63, 3.8) is 0 Å². The molecule has 1 radical (unpaired) electrons. The number of rotatable bonds is 0. The molecule has 0 saturated heterocycles. The molecule has 2 aliphatic rings. The first-order chi connectivity index (χ1) is 19.8. The van der Waals surface area contributed by atoms with E-state index in [-0.39, 0.29) is 36.3 Å². The summed E-state index contributed by atoms with van der Waals surface area (Å²) in [5.74, 6) is 2.39. The Kier molecular flexibility index (Phi) is 6.27. The second-order valence-corrected chi connectivity index (χ2v) is 9.79. The molecule has 0 fully saturated rings. The van der Waals surface area contributed by atoms with Crippen LogP contribution in [-0.4, -0.2) is 39.9 Å². The summed E-state index contributed by atoms with van der Waals surface area (Å²) in [6, 6.07) is 32.2. The number of hydrogen-bond acceptors (Lipinski definition) is 6. The molecule has 2 aliphatic heterocycles. The molecule has 4 aromatic carbocycles. The molecular weight excluding hydrogens is 621 g/mol. The van der Waals surface area contributed by atoms with Crippen molar-refractivity contribution in [2.24, 2.45) is 0 Å². The van der Waals surface area contributed by atoms with Gasteiger partial charge < -0.3 is 9.97 Å². The van der Waals surface area contributed by atoms with Gasteiger partial charge >= 0.3 is 0 Å². The van der Waals surface area contributed by atoms with Gasteiger partial charge in [-0.1, -0.05) is 97.1 Å². The molecule has 10 heteroatoms. The van der Waals surface area contributed by atoms with Crippen molar-refractivity contribution in [2.45, 2.75) is 0 Å². The molecule has 8 nitrogen and oxygen atoms in total. The van der Waals surface area contributed by atoms with E-state index in [0.717, 1.165) is 43.8 Å². The van der Waals surface area contributed by atoms with E-state index < -0.39 is 0 Å². The molecule has 42 heavy (non-hydrogen) atoms. The van der Waals surface area contributed by atoms with Gasteiger partial charge in [0.25, 0.3) is 0 Å².